The minimum absolute atomic E-state index is 0.189. The van der Waals surface area contributed by atoms with Gasteiger partial charge in [-0.3, -0.25) is 4.79 Å². The second-order valence-corrected chi connectivity index (χ2v) is 7.29. The predicted octanol–water partition coefficient (Wildman–Crippen LogP) is 4.00. The minimum atomic E-state index is -0.189. The second-order valence-electron chi connectivity index (χ2n) is 5.93. The number of carbonyl (C=O) groups excluding carboxylic acids is 1. The third-order valence-electron chi connectivity index (χ3n) is 4.14. The number of aromatic nitrogens is 4. The SMILES string of the molecule is CCc1nnc2sc(-c3ccc(CNC(=O)c4ccccc4Cl)cc3)nn12. The molecule has 0 atom stereocenters. The lowest BCUT2D eigenvalue weighted by molar-refractivity contribution is 0.0951. The van der Waals surface area contributed by atoms with Gasteiger partial charge in [0.25, 0.3) is 5.91 Å². The van der Waals surface area contributed by atoms with Gasteiger partial charge in [-0.2, -0.15) is 9.61 Å². The molecule has 0 fully saturated rings. The van der Waals surface area contributed by atoms with Crippen molar-refractivity contribution < 1.29 is 4.79 Å². The van der Waals surface area contributed by atoms with Gasteiger partial charge in [0, 0.05) is 18.5 Å². The molecule has 0 bridgehead atoms. The fourth-order valence-corrected chi connectivity index (χ4v) is 3.77. The lowest BCUT2D eigenvalue weighted by Crippen LogP contribution is -2.23. The number of fused-ring (bicyclic) bond motifs is 1. The summed E-state index contributed by atoms with van der Waals surface area (Å²) in [5.41, 5.74) is 2.48. The Morgan fingerprint density at radius 2 is 1.93 bits per heavy atom. The van der Waals surface area contributed by atoms with Crippen LogP contribution in [0.5, 0.6) is 0 Å². The molecule has 2 heterocycles. The molecule has 0 saturated heterocycles. The van der Waals surface area contributed by atoms with E-state index in [4.69, 9.17) is 11.6 Å². The molecular formula is C19H16ClN5OS. The topological polar surface area (TPSA) is 72.2 Å². The number of carbonyl (C=O) groups is 1. The van der Waals surface area contributed by atoms with E-state index in [1.54, 1.807) is 28.8 Å². The van der Waals surface area contributed by atoms with Crippen LogP contribution in [0.4, 0.5) is 0 Å². The van der Waals surface area contributed by atoms with Crippen LogP contribution in [0.1, 0.15) is 28.7 Å². The average Bonchev–Trinajstić information content (AvgIpc) is 3.27. The maximum atomic E-state index is 12.2. The Bertz CT molecular complexity index is 1100. The Morgan fingerprint density at radius 3 is 2.67 bits per heavy atom. The molecule has 0 aliphatic carbocycles. The van der Waals surface area contributed by atoms with Gasteiger partial charge < -0.3 is 5.32 Å². The van der Waals surface area contributed by atoms with Gasteiger partial charge in [-0.15, -0.1) is 10.2 Å². The molecule has 2 aromatic heterocycles. The monoisotopic (exact) mass is 397 g/mol. The van der Waals surface area contributed by atoms with Crippen LogP contribution in [-0.4, -0.2) is 25.7 Å². The van der Waals surface area contributed by atoms with E-state index in [1.807, 2.05) is 31.2 Å². The molecule has 0 saturated carbocycles. The lowest BCUT2D eigenvalue weighted by Gasteiger charge is -2.07. The van der Waals surface area contributed by atoms with Crippen molar-refractivity contribution in [1.29, 1.82) is 0 Å². The van der Waals surface area contributed by atoms with Gasteiger partial charge >= 0.3 is 0 Å². The molecule has 0 unspecified atom stereocenters. The van der Waals surface area contributed by atoms with Crippen LogP contribution >= 0.6 is 22.9 Å². The largest absolute Gasteiger partial charge is 0.348 e. The first-order valence-corrected chi connectivity index (χ1v) is 9.68. The van der Waals surface area contributed by atoms with Crippen LogP contribution in [-0.2, 0) is 13.0 Å². The van der Waals surface area contributed by atoms with Crippen molar-refractivity contribution in [2.24, 2.45) is 0 Å². The molecule has 136 valence electrons. The van der Waals surface area contributed by atoms with E-state index in [1.165, 1.54) is 11.3 Å². The van der Waals surface area contributed by atoms with Gasteiger partial charge in [0.1, 0.15) is 5.01 Å². The van der Waals surface area contributed by atoms with Gasteiger partial charge in [0.15, 0.2) is 5.82 Å². The molecule has 0 aliphatic rings. The summed E-state index contributed by atoms with van der Waals surface area (Å²) in [7, 11) is 0. The molecule has 4 rings (SSSR count). The van der Waals surface area contributed by atoms with Crippen LogP contribution in [0.15, 0.2) is 48.5 Å². The molecule has 27 heavy (non-hydrogen) atoms. The number of hydrogen-bond acceptors (Lipinski definition) is 5. The number of nitrogens with zero attached hydrogens (tertiary/aromatic N) is 4. The maximum Gasteiger partial charge on any atom is 0.253 e. The molecular weight excluding hydrogens is 382 g/mol. The van der Waals surface area contributed by atoms with Gasteiger partial charge in [0.05, 0.1) is 10.6 Å². The number of amides is 1. The van der Waals surface area contributed by atoms with E-state index in [9.17, 15) is 4.79 Å². The number of hydrogen-bond donors (Lipinski definition) is 1. The molecule has 6 nitrogen and oxygen atoms in total. The lowest BCUT2D eigenvalue weighted by atomic mass is 10.1. The summed E-state index contributed by atoms with van der Waals surface area (Å²) in [4.78, 5) is 13.0. The first kappa shape index (κ1) is 17.6. The van der Waals surface area contributed by atoms with Crippen molar-refractivity contribution in [2.45, 2.75) is 19.9 Å². The molecule has 1 amide bonds. The normalized spacial score (nSPS) is 11.0. The molecule has 0 radical (unpaired) electrons. The molecule has 0 spiro atoms. The molecule has 2 aromatic carbocycles. The Hall–Kier alpha value is -2.77. The van der Waals surface area contributed by atoms with Crippen molar-refractivity contribution in [3.8, 4) is 10.6 Å². The summed E-state index contributed by atoms with van der Waals surface area (Å²) in [6.45, 7) is 2.45. The first-order chi connectivity index (χ1) is 13.2. The minimum Gasteiger partial charge on any atom is -0.348 e. The number of halogens is 1. The summed E-state index contributed by atoms with van der Waals surface area (Å²) in [5.74, 6) is 0.664. The highest BCUT2D eigenvalue weighted by atomic mass is 35.5. The van der Waals surface area contributed by atoms with Gasteiger partial charge in [-0.1, -0.05) is 66.3 Å². The number of rotatable bonds is 5. The maximum absolute atomic E-state index is 12.2. The fraction of sp³-hybridized carbons (Fsp3) is 0.158. The zero-order valence-electron chi connectivity index (χ0n) is 14.5. The van der Waals surface area contributed by atoms with E-state index in [0.717, 1.165) is 33.3 Å². The Labute approximate surface area is 164 Å². The van der Waals surface area contributed by atoms with Crippen molar-refractivity contribution in [2.75, 3.05) is 0 Å². The standard InChI is InChI=1S/C19H16ClN5OS/c1-2-16-22-23-19-25(16)24-18(27-19)13-9-7-12(8-10-13)11-21-17(26)14-5-3-4-6-15(14)20/h3-10H,2,11H2,1H3,(H,21,26). The van der Waals surface area contributed by atoms with Crippen LogP contribution in [0.25, 0.3) is 15.5 Å². The van der Waals surface area contributed by atoms with E-state index in [-0.39, 0.29) is 5.91 Å². The molecule has 1 N–H and O–H groups in total. The summed E-state index contributed by atoms with van der Waals surface area (Å²) >= 11 is 7.56. The zero-order chi connectivity index (χ0) is 18.8. The average molecular weight is 398 g/mol. The van der Waals surface area contributed by atoms with Crippen molar-refractivity contribution >= 4 is 33.8 Å². The third-order valence-corrected chi connectivity index (χ3v) is 5.42. The van der Waals surface area contributed by atoms with E-state index in [0.29, 0.717) is 17.1 Å². The molecule has 8 heteroatoms. The smallest absolute Gasteiger partial charge is 0.253 e. The summed E-state index contributed by atoms with van der Waals surface area (Å²) in [5, 5.41) is 17.1. The van der Waals surface area contributed by atoms with Crippen molar-refractivity contribution in [3.63, 3.8) is 0 Å². The Morgan fingerprint density at radius 1 is 1.15 bits per heavy atom. The molecule has 4 aromatic rings. The highest BCUT2D eigenvalue weighted by Crippen LogP contribution is 2.25. The van der Waals surface area contributed by atoms with E-state index in [2.05, 4.69) is 20.6 Å². The predicted molar refractivity (Wildman–Crippen MR) is 106 cm³/mol. The fourth-order valence-electron chi connectivity index (χ4n) is 2.68. The van der Waals surface area contributed by atoms with Crippen molar-refractivity contribution in [3.05, 3.63) is 70.5 Å². The van der Waals surface area contributed by atoms with Crippen LogP contribution in [0.3, 0.4) is 0 Å². The summed E-state index contributed by atoms with van der Waals surface area (Å²) in [6, 6.07) is 14.9. The number of aryl methyl sites for hydroxylation is 1. The van der Waals surface area contributed by atoms with Crippen molar-refractivity contribution in [1.82, 2.24) is 25.1 Å². The number of nitrogens with one attached hydrogen (secondary N) is 1. The summed E-state index contributed by atoms with van der Waals surface area (Å²) < 4.78 is 1.79. The highest BCUT2D eigenvalue weighted by molar-refractivity contribution is 7.19. The molecule has 0 aliphatic heterocycles. The Balaban J connectivity index is 1.46. The second kappa shape index (κ2) is 7.46. The van der Waals surface area contributed by atoms with Crippen LogP contribution < -0.4 is 5.32 Å². The zero-order valence-corrected chi connectivity index (χ0v) is 16.1. The Kier molecular flexibility index (Phi) is 4.87. The third kappa shape index (κ3) is 3.56. The first-order valence-electron chi connectivity index (χ1n) is 8.49. The highest BCUT2D eigenvalue weighted by Gasteiger charge is 2.12. The quantitative estimate of drug-likeness (QED) is 0.552. The van der Waals surface area contributed by atoms with E-state index < -0.39 is 0 Å². The number of benzene rings is 2. The van der Waals surface area contributed by atoms with Gasteiger partial charge in [0.2, 0.25) is 4.96 Å². The van der Waals surface area contributed by atoms with Gasteiger partial charge in [-0.05, 0) is 17.7 Å². The van der Waals surface area contributed by atoms with Crippen LogP contribution in [0, 0.1) is 0 Å². The summed E-state index contributed by atoms with van der Waals surface area (Å²) in [6.07, 6.45) is 0.786. The van der Waals surface area contributed by atoms with Crippen LogP contribution in [0.2, 0.25) is 5.02 Å². The van der Waals surface area contributed by atoms with E-state index >= 15 is 0 Å². The van der Waals surface area contributed by atoms with Gasteiger partial charge in [-0.25, -0.2) is 0 Å².